The summed E-state index contributed by atoms with van der Waals surface area (Å²) in [5.74, 6) is 2.63. The van der Waals surface area contributed by atoms with Gasteiger partial charge in [-0.1, -0.05) is 12.1 Å². The van der Waals surface area contributed by atoms with Gasteiger partial charge in [0.1, 0.15) is 17.3 Å². The molecule has 1 aliphatic rings. The number of hydrogen-bond donors (Lipinski definition) is 2. The fraction of sp³-hybridized carbons (Fsp3) is 0.500. The van der Waals surface area contributed by atoms with Crippen LogP contribution in [0.25, 0.3) is 0 Å². The number of carbonyl (C=O) groups excluding carboxylic acids is 1. The third kappa shape index (κ3) is 5.76. The summed E-state index contributed by atoms with van der Waals surface area (Å²) in [6, 6.07) is 11.7. The molecule has 2 aromatic rings. The quantitative estimate of drug-likeness (QED) is 0.720. The first-order valence-electron chi connectivity index (χ1n) is 10.1. The topological polar surface area (TPSA) is 66.7 Å². The molecule has 2 heterocycles. The van der Waals surface area contributed by atoms with E-state index in [0.717, 1.165) is 35.9 Å². The highest BCUT2D eigenvalue weighted by atomic mass is 16.5. The van der Waals surface area contributed by atoms with Gasteiger partial charge < -0.3 is 19.8 Å². The van der Waals surface area contributed by atoms with Gasteiger partial charge in [0.15, 0.2) is 0 Å². The molecule has 1 unspecified atom stereocenters. The predicted molar refractivity (Wildman–Crippen MR) is 109 cm³/mol. The Hall–Kier alpha value is -2.47. The number of ether oxygens (including phenoxy) is 1. The summed E-state index contributed by atoms with van der Waals surface area (Å²) in [6.07, 6.45) is 2.51. The molecule has 2 amide bonds. The van der Waals surface area contributed by atoms with E-state index < -0.39 is 0 Å². The zero-order chi connectivity index (χ0) is 19.9. The fourth-order valence-electron chi connectivity index (χ4n) is 3.53. The standard InChI is InChI=1S/C22H31N3O3/c1-16(2)27-19-8-6-7-18(13-19)14-23-22(26)24-15-20(25-11-4-5-12-25)21-10-9-17(3)28-21/h6-10,13,16,20H,4-5,11-12,14-15H2,1-3H3,(H2,23,24,26). The number of furan rings is 1. The average Bonchev–Trinajstić information content (AvgIpc) is 3.32. The molecule has 0 aliphatic carbocycles. The zero-order valence-electron chi connectivity index (χ0n) is 17.0. The van der Waals surface area contributed by atoms with Gasteiger partial charge in [0, 0.05) is 13.1 Å². The Morgan fingerprint density at radius 1 is 1.18 bits per heavy atom. The lowest BCUT2D eigenvalue weighted by molar-refractivity contribution is 0.202. The van der Waals surface area contributed by atoms with Crippen LogP contribution in [-0.4, -0.2) is 36.7 Å². The van der Waals surface area contributed by atoms with Crippen LogP contribution in [0.4, 0.5) is 4.79 Å². The second-order valence-corrected chi connectivity index (χ2v) is 7.58. The molecule has 6 nitrogen and oxygen atoms in total. The van der Waals surface area contributed by atoms with Crippen molar-refractivity contribution in [2.75, 3.05) is 19.6 Å². The Kier molecular flexibility index (Phi) is 6.98. The van der Waals surface area contributed by atoms with Crippen LogP contribution in [0.5, 0.6) is 5.75 Å². The highest BCUT2D eigenvalue weighted by Crippen LogP contribution is 2.26. The Labute approximate surface area is 167 Å². The van der Waals surface area contributed by atoms with E-state index in [0.29, 0.717) is 13.1 Å². The number of aryl methyl sites for hydroxylation is 1. The Balaban J connectivity index is 1.52. The van der Waals surface area contributed by atoms with Crippen LogP contribution < -0.4 is 15.4 Å². The Morgan fingerprint density at radius 2 is 1.96 bits per heavy atom. The maximum atomic E-state index is 12.3. The van der Waals surface area contributed by atoms with Crippen molar-refractivity contribution >= 4 is 6.03 Å². The van der Waals surface area contributed by atoms with Gasteiger partial charge in [-0.25, -0.2) is 4.79 Å². The van der Waals surface area contributed by atoms with E-state index in [1.807, 2.05) is 57.2 Å². The molecule has 1 aliphatic heterocycles. The largest absolute Gasteiger partial charge is 0.491 e. The number of amides is 2. The monoisotopic (exact) mass is 385 g/mol. The molecule has 0 spiro atoms. The first-order valence-corrected chi connectivity index (χ1v) is 10.1. The van der Waals surface area contributed by atoms with Gasteiger partial charge in [0.2, 0.25) is 0 Å². The van der Waals surface area contributed by atoms with Crippen LogP contribution in [0.1, 0.15) is 49.8 Å². The van der Waals surface area contributed by atoms with Gasteiger partial charge in [-0.05, 0) is 76.5 Å². The SMILES string of the molecule is Cc1ccc(C(CNC(=O)NCc2cccc(OC(C)C)c2)N2CCCC2)o1. The lowest BCUT2D eigenvalue weighted by Crippen LogP contribution is -2.41. The molecule has 1 atom stereocenters. The summed E-state index contributed by atoms with van der Waals surface area (Å²) < 4.78 is 11.5. The molecule has 0 saturated carbocycles. The summed E-state index contributed by atoms with van der Waals surface area (Å²) in [4.78, 5) is 14.7. The molecule has 152 valence electrons. The van der Waals surface area contributed by atoms with Gasteiger partial charge in [0.25, 0.3) is 0 Å². The van der Waals surface area contributed by atoms with E-state index in [2.05, 4.69) is 15.5 Å². The van der Waals surface area contributed by atoms with E-state index in [1.165, 1.54) is 12.8 Å². The van der Waals surface area contributed by atoms with Gasteiger partial charge in [0.05, 0.1) is 12.1 Å². The van der Waals surface area contributed by atoms with Gasteiger partial charge in [-0.2, -0.15) is 0 Å². The number of likely N-dealkylation sites (tertiary alicyclic amines) is 1. The van der Waals surface area contributed by atoms with Crippen LogP contribution >= 0.6 is 0 Å². The second-order valence-electron chi connectivity index (χ2n) is 7.58. The predicted octanol–water partition coefficient (Wildman–Crippen LogP) is 4.01. The molecular weight excluding hydrogens is 354 g/mol. The van der Waals surface area contributed by atoms with Crippen molar-refractivity contribution in [2.45, 2.75) is 52.3 Å². The first-order chi connectivity index (χ1) is 13.5. The normalized spacial score (nSPS) is 15.6. The van der Waals surface area contributed by atoms with Crippen molar-refractivity contribution in [3.63, 3.8) is 0 Å². The zero-order valence-corrected chi connectivity index (χ0v) is 17.0. The average molecular weight is 386 g/mol. The number of urea groups is 1. The number of carbonyl (C=O) groups is 1. The maximum absolute atomic E-state index is 12.3. The first kappa shape index (κ1) is 20.3. The molecule has 0 radical (unpaired) electrons. The third-order valence-electron chi connectivity index (χ3n) is 4.85. The van der Waals surface area contributed by atoms with Gasteiger partial charge in [-0.15, -0.1) is 0 Å². The molecule has 1 saturated heterocycles. The summed E-state index contributed by atoms with van der Waals surface area (Å²) >= 11 is 0. The van der Waals surface area contributed by atoms with Gasteiger partial charge >= 0.3 is 6.03 Å². The number of nitrogens with zero attached hydrogens (tertiary/aromatic N) is 1. The van der Waals surface area contributed by atoms with E-state index in [9.17, 15) is 4.79 Å². The molecule has 6 heteroatoms. The summed E-state index contributed by atoms with van der Waals surface area (Å²) in [5, 5.41) is 5.93. The summed E-state index contributed by atoms with van der Waals surface area (Å²) in [6.45, 7) is 8.99. The van der Waals surface area contributed by atoms with Crippen molar-refractivity contribution in [1.29, 1.82) is 0 Å². The van der Waals surface area contributed by atoms with E-state index in [-0.39, 0.29) is 18.2 Å². The number of hydrogen-bond acceptors (Lipinski definition) is 4. The van der Waals surface area contributed by atoms with Crippen molar-refractivity contribution in [2.24, 2.45) is 0 Å². The minimum absolute atomic E-state index is 0.0738. The number of nitrogens with one attached hydrogen (secondary N) is 2. The molecule has 28 heavy (non-hydrogen) atoms. The van der Waals surface area contributed by atoms with E-state index in [4.69, 9.17) is 9.15 Å². The molecule has 2 N–H and O–H groups in total. The molecule has 0 bridgehead atoms. The maximum Gasteiger partial charge on any atom is 0.315 e. The lowest BCUT2D eigenvalue weighted by atomic mass is 10.2. The van der Waals surface area contributed by atoms with Crippen LogP contribution in [0.15, 0.2) is 40.8 Å². The fourth-order valence-corrected chi connectivity index (χ4v) is 3.53. The molecule has 3 rings (SSSR count). The third-order valence-corrected chi connectivity index (χ3v) is 4.85. The highest BCUT2D eigenvalue weighted by Gasteiger charge is 2.26. The number of rotatable bonds is 8. The lowest BCUT2D eigenvalue weighted by Gasteiger charge is -2.26. The van der Waals surface area contributed by atoms with Crippen LogP contribution in [0, 0.1) is 6.92 Å². The van der Waals surface area contributed by atoms with Crippen LogP contribution in [0.2, 0.25) is 0 Å². The minimum atomic E-state index is -0.178. The second kappa shape index (κ2) is 9.64. The Bertz CT molecular complexity index is 766. The smallest absolute Gasteiger partial charge is 0.315 e. The molecule has 1 aromatic heterocycles. The van der Waals surface area contributed by atoms with Crippen LogP contribution in [0.3, 0.4) is 0 Å². The summed E-state index contributed by atoms with van der Waals surface area (Å²) in [7, 11) is 0. The van der Waals surface area contributed by atoms with Crippen molar-refractivity contribution in [3.8, 4) is 5.75 Å². The van der Waals surface area contributed by atoms with Gasteiger partial charge in [-0.3, -0.25) is 4.90 Å². The molecular formula is C22H31N3O3. The molecule has 1 aromatic carbocycles. The minimum Gasteiger partial charge on any atom is -0.491 e. The van der Waals surface area contributed by atoms with E-state index >= 15 is 0 Å². The summed E-state index contributed by atoms with van der Waals surface area (Å²) in [5.41, 5.74) is 1.01. The van der Waals surface area contributed by atoms with Crippen molar-refractivity contribution < 1.29 is 13.9 Å². The van der Waals surface area contributed by atoms with Crippen molar-refractivity contribution in [3.05, 3.63) is 53.5 Å². The van der Waals surface area contributed by atoms with E-state index in [1.54, 1.807) is 0 Å². The van der Waals surface area contributed by atoms with Crippen LogP contribution in [-0.2, 0) is 6.54 Å². The van der Waals surface area contributed by atoms with Crippen molar-refractivity contribution in [1.82, 2.24) is 15.5 Å². The number of benzene rings is 1. The Morgan fingerprint density at radius 3 is 2.64 bits per heavy atom. The molecule has 1 fully saturated rings. The highest BCUT2D eigenvalue weighted by molar-refractivity contribution is 5.73.